The summed E-state index contributed by atoms with van der Waals surface area (Å²) in [5.74, 6) is -2.24. The third-order valence-electron chi connectivity index (χ3n) is 2.90. The van der Waals surface area contributed by atoms with Crippen LogP contribution in [0.1, 0.15) is 24.2 Å². The lowest BCUT2D eigenvalue weighted by Crippen LogP contribution is -2.38. The third-order valence-corrected chi connectivity index (χ3v) is 2.90. The molecule has 0 saturated heterocycles. The SMILES string of the molecule is COc1cc(F)c(C(=O)N(CC(=O)O)CC(C)C)cc1OC. The van der Waals surface area contributed by atoms with E-state index >= 15 is 0 Å². The predicted octanol–water partition coefficient (Wildman–Crippen LogP) is 2.03. The van der Waals surface area contributed by atoms with Gasteiger partial charge in [-0.15, -0.1) is 0 Å². The second kappa shape index (κ2) is 7.63. The Hall–Kier alpha value is -2.31. The quantitative estimate of drug-likeness (QED) is 0.833. The van der Waals surface area contributed by atoms with Crippen LogP contribution in [0.5, 0.6) is 11.5 Å². The summed E-state index contributed by atoms with van der Waals surface area (Å²) in [6, 6.07) is 2.26. The summed E-state index contributed by atoms with van der Waals surface area (Å²) >= 11 is 0. The number of halogens is 1. The normalized spacial score (nSPS) is 10.5. The van der Waals surface area contributed by atoms with Gasteiger partial charge in [-0.3, -0.25) is 9.59 Å². The van der Waals surface area contributed by atoms with Crippen molar-refractivity contribution in [3.05, 3.63) is 23.5 Å². The van der Waals surface area contributed by atoms with Crippen molar-refractivity contribution in [1.29, 1.82) is 0 Å². The van der Waals surface area contributed by atoms with Crippen molar-refractivity contribution in [2.75, 3.05) is 27.3 Å². The van der Waals surface area contributed by atoms with Gasteiger partial charge in [-0.2, -0.15) is 0 Å². The van der Waals surface area contributed by atoms with Crippen LogP contribution >= 0.6 is 0 Å². The molecule has 0 aliphatic heterocycles. The topological polar surface area (TPSA) is 76.1 Å². The average Bonchev–Trinajstić information content (AvgIpc) is 2.44. The van der Waals surface area contributed by atoms with Gasteiger partial charge >= 0.3 is 5.97 Å². The molecule has 0 bridgehead atoms. The highest BCUT2D eigenvalue weighted by Crippen LogP contribution is 2.30. The maximum Gasteiger partial charge on any atom is 0.323 e. The Kier molecular flexibility index (Phi) is 6.15. The first-order valence-electron chi connectivity index (χ1n) is 6.72. The van der Waals surface area contributed by atoms with Gasteiger partial charge in [0.2, 0.25) is 0 Å². The van der Waals surface area contributed by atoms with Crippen LogP contribution in [0.3, 0.4) is 0 Å². The molecule has 0 heterocycles. The molecule has 1 N–H and O–H groups in total. The van der Waals surface area contributed by atoms with Gasteiger partial charge in [0.15, 0.2) is 11.5 Å². The Morgan fingerprint density at radius 2 is 1.77 bits per heavy atom. The summed E-state index contributed by atoms with van der Waals surface area (Å²) in [5, 5.41) is 8.91. The van der Waals surface area contributed by atoms with Crippen LogP contribution in [-0.4, -0.2) is 49.2 Å². The number of ether oxygens (including phenoxy) is 2. The minimum Gasteiger partial charge on any atom is -0.493 e. The van der Waals surface area contributed by atoms with E-state index in [-0.39, 0.29) is 29.5 Å². The van der Waals surface area contributed by atoms with Crippen LogP contribution in [0, 0.1) is 11.7 Å². The third kappa shape index (κ3) is 4.34. The van der Waals surface area contributed by atoms with Crippen molar-refractivity contribution in [3.8, 4) is 11.5 Å². The van der Waals surface area contributed by atoms with Crippen LogP contribution in [0.15, 0.2) is 12.1 Å². The maximum atomic E-state index is 14.1. The van der Waals surface area contributed by atoms with Crippen LogP contribution < -0.4 is 9.47 Å². The van der Waals surface area contributed by atoms with Gasteiger partial charge in [-0.25, -0.2) is 4.39 Å². The maximum absolute atomic E-state index is 14.1. The number of carboxylic acid groups (broad SMARTS) is 1. The summed E-state index contributed by atoms with van der Waals surface area (Å²) < 4.78 is 24.1. The first kappa shape index (κ1) is 17.7. The lowest BCUT2D eigenvalue weighted by atomic mass is 10.1. The number of rotatable bonds is 7. The molecular formula is C15H20FNO5. The Bertz CT molecular complexity index is 559. The van der Waals surface area contributed by atoms with Gasteiger partial charge in [-0.1, -0.05) is 13.8 Å². The molecule has 0 radical (unpaired) electrons. The van der Waals surface area contributed by atoms with Gasteiger partial charge < -0.3 is 19.5 Å². The molecule has 0 aromatic heterocycles. The molecular weight excluding hydrogens is 293 g/mol. The average molecular weight is 313 g/mol. The molecule has 0 spiro atoms. The van der Waals surface area contributed by atoms with Crippen molar-refractivity contribution in [1.82, 2.24) is 4.90 Å². The molecule has 0 saturated carbocycles. The highest BCUT2D eigenvalue weighted by Gasteiger charge is 2.24. The number of carbonyl (C=O) groups excluding carboxylic acids is 1. The highest BCUT2D eigenvalue weighted by molar-refractivity contribution is 5.96. The molecule has 122 valence electrons. The van der Waals surface area contributed by atoms with E-state index in [1.165, 1.54) is 20.3 Å². The molecule has 1 aromatic rings. The van der Waals surface area contributed by atoms with Crippen molar-refractivity contribution < 1.29 is 28.6 Å². The molecule has 7 heteroatoms. The van der Waals surface area contributed by atoms with Gasteiger partial charge in [0.05, 0.1) is 19.8 Å². The van der Waals surface area contributed by atoms with Crippen LogP contribution in [0.2, 0.25) is 0 Å². The number of benzene rings is 1. The minimum absolute atomic E-state index is 0.0477. The van der Waals surface area contributed by atoms with E-state index in [1.807, 2.05) is 13.8 Å². The van der Waals surface area contributed by atoms with E-state index in [4.69, 9.17) is 14.6 Å². The number of nitrogens with zero attached hydrogens (tertiary/aromatic N) is 1. The zero-order valence-electron chi connectivity index (χ0n) is 13.1. The minimum atomic E-state index is -1.16. The highest BCUT2D eigenvalue weighted by atomic mass is 19.1. The van der Waals surface area contributed by atoms with E-state index in [1.54, 1.807) is 0 Å². The van der Waals surface area contributed by atoms with Crippen LogP contribution in [-0.2, 0) is 4.79 Å². The number of carbonyl (C=O) groups is 2. The number of methoxy groups -OCH3 is 2. The predicted molar refractivity (Wildman–Crippen MR) is 77.9 cm³/mol. The van der Waals surface area contributed by atoms with E-state index in [0.29, 0.717) is 0 Å². The number of hydrogen-bond donors (Lipinski definition) is 1. The molecule has 1 rings (SSSR count). The number of aliphatic carboxylic acids is 1. The molecule has 0 unspecified atom stereocenters. The first-order chi connectivity index (χ1) is 10.3. The largest absolute Gasteiger partial charge is 0.493 e. The molecule has 0 fully saturated rings. The van der Waals surface area contributed by atoms with E-state index < -0.39 is 24.2 Å². The van der Waals surface area contributed by atoms with Crippen molar-refractivity contribution in [3.63, 3.8) is 0 Å². The fourth-order valence-electron chi connectivity index (χ4n) is 2.01. The summed E-state index contributed by atoms with van der Waals surface area (Å²) in [6.07, 6.45) is 0. The zero-order valence-corrected chi connectivity index (χ0v) is 13.1. The fraction of sp³-hybridized carbons (Fsp3) is 0.467. The summed E-state index contributed by atoms with van der Waals surface area (Å²) in [4.78, 5) is 24.4. The van der Waals surface area contributed by atoms with Crippen molar-refractivity contribution in [2.24, 2.45) is 5.92 Å². The van der Waals surface area contributed by atoms with Gasteiger partial charge in [-0.05, 0) is 12.0 Å². The standard InChI is InChI=1S/C15H20FNO5/c1-9(2)7-17(8-14(18)19)15(20)10-5-12(21-3)13(22-4)6-11(10)16/h5-6,9H,7-8H2,1-4H3,(H,18,19). The summed E-state index contributed by atoms with van der Waals surface area (Å²) in [5.41, 5.74) is -0.250. The molecule has 0 aliphatic carbocycles. The second-order valence-corrected chi connectivity index (χ2v) is 5.16. The number of amides is 1. The molecule has 0 aliphatic rings. The van der Waals surface area contributed by atoms with E-state index in [2.05, 4.69) is 0 Å². The summed E-state index contributed by atoms with van der Waals surface area (Å²) in [7, 11) is 2.72. The fourth-order valence-corrected chi connectivity index (χ4v) is 2.01. The molecule has 1 amide bonds. The summed E-state index contributed by atoms with van der Waals surface area (Å²) in [6.45, 7) is 3.39. The molecule has 6 nitrogen and oxygen atoms in total. The lowest BCUT2D eigenvalue weighted by Gasteiger charge is -2.23. The first-order valence-corrected chi connectivity index (χ1v) is 6.72. The number of hydrogen-bond acceptors (Lipinski definition) is 4. The Balaban J connectivity index is 3.20. The van der Waals surface area contributed by atoms with Gasteiger partial charge in [0.1, 0.15) is 12.4 Å². The van der Waals surface area contributed by atoms with E-state index in [0.717, 1.165) is 11.0 Å². The molecule has 1 aromatic carbocycles. The Labute approximate surface area is 128 Å². The zero-order chi connectivity index (χ0) is 16.9. The van der Waals surface area contributed by atoms with E-state index in [9.17, 15) is 14.0 Å². The van der Waals surface area contributed by atoms with Gasteiger partial charge in [0, 0.05) is 12.6 Å². The van der Waals surface area contributed by atoms with Gasteiger partial charge in [0.25, 0.3) is 5.91 Å². The Morgan fingerprint density at radius 1 is 1.23 bits per heavy atom. The smallest absolute Gasteiger partial charge is 0.323 e. The van der Waals surface area contributed by atoms with Crippen LogP contribution in [0.4, 0.5) is 4.39 Å². The van der Waals surface area contributed by atoms with Crippen molar-refractivity contribution in [2.45, 2.75) is 13.8 Å². The number of carboxylic acids is 1. The lowest BCUT2D eigenvalue weighted by molar-refractivity contribution is -0.137. The molecule has 0 atom stereocenters. The second-order valence-electron chi connectivity index (χ2n) is 5.16. The molecule has 22 heavy (non-hydrogen) atoms. The monoisotopic (exact) mass is 313 g/mol. The van der Waals surface area contributed by atoms with Crippen LogP contribution in [0.25, 0.3) is 0 Å². The van der Waals surface area contributed by atoms with Crippen molar-refractivity contribution >= 4 is 11.9 Å². The Morgan fingerprint density at radius 3 is 2.23 bits per heavy atom.